The van der Waals surface area contributed by atoms with Gasteiger partial charge in [0.25, 0.3) is 0 Å². The van der Waals surface area contributed by atoms with E-state index in [0.29, 0.717) is 6.61 Å². The van der Waals surface area contributed by atoms with E-state index in [4.69, 9.17) is 9.47 Å². The van der Waals surface area contributed by atoms with Gasteiger partial charge < -0.3 is 9.47 Å². The van der Waals surface area contributed by atoms with Gasteiger partial charge in [0.1, 0.15) is 0 Å². The lowest BCUT2D eigenvalue weighted by Crippen LogP contribution is -2.09. The quantitative estimate of drug-likeness (QED) is 0.381. The third kappa shape index (κ3) is 9.24. The molecule has 0 fully saturated rings. The Balaban J connectivity index is 3.69. The molecule has 0 bridgehead atoms. The van der Waals surface area contributed by atoms with E-state index in [-0.39, 0.29) is 6.10 Å². The van der Waals surface area contributed by atoms with Crippen LogP contribution in [0.1, 0.15) is 40.0 Å². The zero-order chi connectivity index (χ0) is 12.4. The highest BCUT2D eigenvalue weighted by molar-refractivity contribution is 5.91. The Hall–Kier alpha value is -1.32. The highest BCUT2D eigenvalue weighted by Crippen LogP contribution is 1.95. The molecule has 0 aliphatic heterocycles. The molecule has 16 heavy (non-hydrogen) atoms. The summed E-state index contributed by atoms with van der Waals surface area (Å²) in [4.78, 5) is 22.1. The molecule has 0 spiro atoms. The van der Waals surface area contributed by atoms with Gasteiger partial charge in [-0.25, -0.2) is 9.59 Å². The summed E-state index contributed by atoms with van der Waals surface area (Å²) >= 11 is 0. The van der Waals surface area contributed by atoms with Gasteiger partial charge in [0, 0.05) is 12.2 Å². The van der Waals surface area contributed by atoms with Crippen LogP contribution in [-0.2, 0) is 19.1 Å². The van der Waals surface area contributed by atoms with E-state index < -0.39 is 11.9 Å². The molecule has 0 unspecified atom stereocenters. The Labute approximate surface area is 96.6 Å². The van der Waals surface area contributed by atoms with Gasteiger partial charge >= 0.3 is 11.9 Å². The minimum atomic E-state index is -0.527. The van der Waals surface area contributed by atoms with Crippen molar-refractivity contribution in [2.75, 3.05) is 6.61 Å². The van der Waals surface area contributed by atoms with Crippen LogP contribution in [0.5, 0.6) is 0 Å². The predicted molar refractivity (Wildman–Crippen MR) is 60.9 cm³/mol. The second-order valence-electron chi connectivity index (χ2n) is 3.69. The van der Waals surface area contributed by atoms with E-state index in [1.165, 1.54) is 0 Å². The van der Waals surface area contributed by atoms with E-state index in [0.717, 1.165) is 31.4 Å². The molecule has 0 heterocycles. The van der Waals surface area contributed by atoms with E-state index in [2.05, 4.69) is 6.92 Å². The molecule has 0 aliphatic carbocycles. The van der Waals surface area contributed by atoms with Gasteiger partial charge in [-0.2, -0.15) is 0 Å². The Morgan fingerprint density at radius 3 is 2.31 bits per heavy atom. The van der Waals surface area contributed by atoms with E-state index in [1.807, 2.05) is 0 Å². The Morgan fingerprint density at radius 1 is 1.12 bits per heavy atom. The molecule has 0 amide bonds. The van der Waals surface area contributed by atoms with Crippen molar-refractivity contribution in [2.24, 2.45) is 0 Å². The highest BCUT2D eigenvalue weighted by Gasteiger charge is 2.02. The first-order valence-electron chi connectivity index (χ1n) is 5.61. The molecule has 0 aromatic carbocycles. The van der Waals surface area contributed by atoms with Gasteiger partial charge in [0.05, 0.1) is 12.7 Å². The fraction of sp³-hybridized carbons (Fsp3) is 0.667. The molecule has 0 N–H and O–H groups in total. The molecule has 0 aromatic heterocycles. The van der Waals surface area contributed by atoms with Crippen LogP contribution in [0.2, 0.25) is 0 Å². The molecule has 4 heteroatoms. The lowest BCUT2D eigenvalue weighted by molar-refractivity contribution is -0.142. The molecular weight excluding hydrogens is 208 g/mol. The normalized spacial score (nSPS) is 10.8. The maximum Gasteiger partial charge on any atom is 0.331 e. The van der Waals surface area contributed by atoms with Crippen molar-refractivity contribution in [1.82, 2.24) is 0 Å². The minimum absolute atomic E-state index is 0.183. The van der Waals surface area contributed by atoms with Crippen LogP contribution in [0.25, 0.3) is 0 Å². The van der Waals surface area contributed by atoms with Gasteiger partial charge in [-0.05, 0) is 20.3 Å². The molecular formula is C12H20O4. The van der Waals surface area contributed by atoms with Crippen molar-refractivity contribution < 1.29 is 19.1 Å². The molecule has 0 atom stereocenters. The molecule has 0 aliphatic rings. The average Bonchev–Trinajstić information content (AvgIpc) is 2.20. The molecule has 0 saturated heterocycles. The number of carbonyl (C=O) groups is 2. The SMILES string of the molecule is CCCCCOC(=O)/C=C/C(=O)OC(C)C. The van der Waals surface area contributed by atoms with Crippen LogP contribution >= 0.6 is 0 Å². The third-order valence-corrected chi connectivity index (χ3v) is 1.70. The third-order valence-electron chi connectivity index (χ3n) is 1.70. The number of hydrogen-bond donors (Lipinski definition) is 0. The van der Waals surface area contributed by atoms with Crippen LogP contribution < -0.4 is 0 Å². The fourth-order valence-electron chi connectivity index (χ4n) is 0.981. The maximum absolute atomic E-state index is 11.1. The first-order valence-corrected chi connectivity index (χ1v) is 5.61. The van der Waals surface area contributed by atoms with Crippen molar-refractivity contribution in [3.05, 3.63) is 12.2 Å². The summed E-state index contributed by atoms with van der Waals surface area (Å²) in [6, 6.07) is 0. The lowest BCUT2D eigenvalue weighted by atomic mass is 10.3. The van der Waals surface area contributed by atoms with E-state index in [9.17, 15) is 9.59 Å². The Bertz CT molecular complexity index is 243. The molecule has 92 valence electrons. The van der Waals surface area contributed by atoms with Crippen molar-refractivity contribution in [3.63, 3.8) is 0 Å². The summed E-state index contributed by atoms with van der Waals surface area (Å²) in [7, 11) is 0. The monoisotopic (exact) mass is 228 g/mol. The van der Waals surface area contributed by atoms with Crippen LogP contribution in [0.4, 0.5) is 0 Å². The van der Waals surface area contributed by atoms with Crippen LogP contribution in [0, 0.1) is 0 Å². The summed E-state index contributed by atoms with van der Waals surface area (Å²) in [5.74, 6) is -1.03. The Morgan fingerprint density at radius 2 is 1.75 bits per heavy atom. The Kier molecular flexibility index (Phi) is 8.21. The van der Waals surface area contributed by atoms with E-state index >= 15 is 0 Å². The number of unbranched alkanes of at least 4 members (excludes halogenated alkanes) is 2. The first kappa shape index (κ1) is 14.7. The van der Waals surface area contributed by atoms with Gasteiger partial charge in [0.15, 0.2) is 0 Å². The number of rotatable bonds is 7. The average molecular weight is 228 g/mol. The molecule has 0 saturated carbocycles. The summed E-state index contributed by atoms with van der Waals surface area (Å²) in [6.45, 7) is 5.96. The van der Waals surface area contributed by atoms with Crippen LogP contribution in [0.15, 0.2) is 12.2 Å². The number of ether oxygens (including phenoxy) is 2. The molecule has 0 aromatic rings. The standard InChI is InChI=1S/C12H20O4/c1-4-5-6-9-15-11(13)7-8-12(14)16-10(2)3/h7-8,10H,4-6,9H2,1-3H3/b8-7+. The second kappa shape index (κ2) is 8.95. The van der Waals surface area contributed by atoms with Crippen molar-refractivity contribution in [2.45, 2.75) is 46.1 Å². The zero-order valence-corrected chi connectivity index (χ0v) is 10.2. The number of carbonyl (C=O) groups excluding carboxylic acids is 2. The maximum atomic E-state index is 11.1. The van der Waals surface area contributed by atoms with Crippen molar-refractivity contribution in [3.8, 4) is 0 Å². The summed E-state index contributed by atoms with van der Waals surface area (Å²) in [6.07, 6.45) is 4.96. The fourth-order valence-corrected chi connectivity index (χ4v) is 0.981. The predicted octanol–water partition coefficient (Wildman–Crippen LogP) is 2.23. The summed E-state index contributed by atoms with van der Waals surface area (Å²) in [5.41, 5.74) is 0. The van der Waals surface area contributed by atoms with Gasteiger partial charge in [0.2, 0.25) is 0 Å². The first-order chi connectivity index (χ1) is 7.56. The second-order valence-corrected chi connectivity index (χ2v) is 3.69. The van der Waals surface area contributed by atoms with Gasteiger partial charge in [-0.1, -0.05) is 19.8 Å². The topological polar surface area (TPSA) is 52.6 Å². The van der Waals surface area contributed by atoms with Crippen molar-refractivity contribution in [1.29, 1.82) is 0 Å². The van der Waals surface area contributed by atoms with E-state index in [1.54, 1.807) is 13.8 Å². The summed E-state index contributed by atoms with van der Waals surface area (Å²) < 4.78 is 9.68. The smallest absolute Gasteiger partial charge is 0.331 e. The highest BCUT2D eigenvalue weighted by atomic mass is 16.5. The van der Waals surface area contributed by atoms with Crippen LogP contribution in [-0.4, -0.2) is 24.6 Å². The lowest BCUT2D eigenvalue weighted by Gasteiger charge is -2.04. The van der Waals surface area contributed by atoms with Gasteiger partial charge in [-0.15, -0.1) is 0 Å². The van der Waals surface area contributed by atoms with Crippen molar-refractivity contribution >= 4 is 11.9 Å². The largest absolute Gasteiger partial charge is 0.463 e. The van der Waals surface area contributed by atoms with Crippen LogP contribution in [0.3, 0.4) is 0 Å². The molecule has 0 radical (unpaired) electrons. The molecule has 4 nitrogen and oxygen atoms in total. The van der Waals surface area contributed by atoms with Gasteiger partial charge in [-0.3, -0.25) is 0 Å². The zero-order valence-electron chi connectivity index (χ0n) is 10.2. The number of esters is 2. The summed E-state index contributed by atoms with van der Waals surface area (Å²) in [5, 5.41) is 0. The number of hydrogen-bond acceptors (Lipinski definition) is 4. The minimum Gasteiger partial charge on any atom is -0.463 e. The molecule has 0 rings (SSSR count).